The number of nitrogen functional groups attached to an aromatic ring is 1. The summed E-state index contributed by atoms with van der Waals surface area (Å²) in [7, 11) is 0. The van der Waals surface area contributed by atoms with Crippen LogP contribution in [0.1, 0.15) is 19.3 Å². The number of piperidine rings is 1. The van der Waals surface area contributed by atoms with Crippen LogP contribution >= 0.6 is 0 Å². The first-order chi connectivity index (χ1) is 9.70. The maximum Gasteiger partial charge on any atom is 0.226 e. The smallest absolute Gasteiger partial charge is 0.226 e. The summed E-state index contributed by atoms with van der Waals surface area (Å²) in [4.78, 5) is 13.9. The summed E-state index contributed by atoms with van der Waals surface area (Å²) < 4.78 is 5.53. The van der Waals surface area contributed by atoms with Gasteiger partial charge in [0.15, 0.2) is 0 Å². The highest BCUT2D eigenvalue weighted by Crippen LogP contribution is 2.20. The topological polar surface area (TPSA) is 75.8 Å². The second-order valence-corrected chi connectivity index (χ2v) is 5.17. The zero-order valence-electron chi connectivity index (χ0n) is 11.6. The highest BCUT2D eigenvalue weighted by atomic mass is 16.5. The Balaban J connectivity index is 1.76. The van der Waals surface area contributed by atoms with Gasteiger partial charge in [0.05, 0.1) is 18.7 Å². The lowest BCUT2D eigenvalue weighted by molar-refractivity contribution is -0.133. The van der Waals surface area contributed by atoms with Gasteiger partial charge in [-0.05, 0) is 30.9 Å². The fourth-order valence-electron chi connectivity index (χ4n) is 2.46. The second-order valence-electron chi connectivity index (χ2n) is 5.17. The molecular weight excluding hydrogens is 256 g/mol. The molecular formula is C15H22N2O3. The Morgan fingerprint density at radius 1 is 1.45 bits per heavy atom. The molecule has 2 rings (SSSR count). The fourth-order valence-corrected chi connectivity index (χ4v) is 2.46. The quantitative estimate of drug-likeness (QED) is 0.795. The third kappa shape index (κ3) is 3.87. The molecule has 1 heterocycles. The molecule has 0 saturated carbocycles. The summed E-state index contributed by atoms with van der Waals surface area (Å²) in [5, 5.41) is 9.17. The van der Waals surface area contributed by atoms with E-state index < -0.39 is 0 Å². The molecule has 1 saturated heterocycles. The highest BCUT2D eigenvalue weighted by Gasteiger charge is 2.22. The minimum absolute atomic E-state index is 0.0812. The number of nitrogens with zero attached hydrogens (tertiary/aromatic N) is 1. The van der Waals surface area contributed by atoms with Gasteiger partial charge in [0.2, 0.25) is 5.91 Å². The number of rotatable bonds is 5. The first kappa shape index (κ1) is 14.7. The molecule has 0 radical (unpaired) electrons. The van der Waals surface area contributed by atoms with Gasteiger partial charge in [-0.25, -0.2) is 0 Å². The van der Waals surface area contributed by atoms with Gasteiger partial charge in [-0.2, -0.15) is 0 Å². The third-order valence-electron chi connectivity index (χ3n) is 3.62. The summed E-state index contributed by atoms with van der Waals surface area (Å²) in [6.45, 7) is 1.92. The normalized spacial score (nSPS) is 18.9. The largest absolute Gasteiger partial charge is 0.491 e. The van der Waals surface area contributed by atoms with Gasteiger partial charge in [-0.15, -0.1) is 0 Å². The van der Waals surface area contributed by atoms with Crippen molar-refractivity contribution in [1.82, 2.24) is 4.90 Å². The number of likely N-dealkylation sites (tertiary alicyclic amines) is 1. The van der Waals surface area contributed by atoms with E-state index in [2.05, 4.69) is 0 Å². The van der Waals surface area contributed by atoms with E-state index in [1.165, 1.54) is 0 Å². The van der Waals surface area contributed by atoms with Gasteiger partial charge in [0, 0.05) is 19.7 Å². The molecule has 1 aliphatic rings. The second kappa shape index (κ2) is 7.14. The van der Waals surface area contributed by atoms with Crippen molar-refractivity contribution in [3.05, 3.63) is 24.3 Å². The van der Waals surface area contributed by atoms with Gasteiger partial charge in [-0.3, -0.25) is 4.79 Å². The maximum atomic E-state index is 12.1. The minimum Gasteiger partial charge on any atom is -0.491 e. The number of ether oxygens (including phenoxy) is 1. The molecule has 1 aromatic rings. The molecule has 0 aromatic heterocycles. The first-order valence-corrected chi connectivity index (χ1v) is 7.06. The summed E-state index contributed by atoms with van der Waals surface area (Å²) >= 11 is 0. The van der Waals surface area contributed by atoms with Crippen LogP contribution in [0.5, 0.6) is 5.75 Å². The number of aliphatic hydroxyl groups is 1. The Hall–Kier alpha value is -1.75. The first-order valence-electron chi connectivity index (χ1n) is 7.06. The Morgan fingerprint density at radius 2 is 2.25 bits per heavy atom. The SMILES string of the molecule is Nc1ccccc1OCCC(=O)N1CCCC(CO)C1. The van der Waals surface area contributed by atoms with Gasteiger partial charge in [0.25, 0.3) is 0 Å². The van der Waals surface area contributed by atoms with Gasteiger partial charge in [-0.1, -0.05) is 12.1 Å². The third-order valence-corrected chi connectivity index (χ3v) is 3.62. The number of benzene rings is 1. The molecule has 0 bridgehead atoms. The van der Waals surface area contributed by atoms with Crippen molar-refractivity contribution in [2.24, 2.45) is 5.92 Å². The molecule has 110 valence electrons. The fraction of sp³-hybridized carbons (Fsp3) is 0.533. The average molecular weight is 278 g/mol. The van der Waals surface area contributed by atoms with Crippen molar-refractivity contribution in [3.8, 4) is 5.75 Å². The molecule has 5 nitrogen and oxygen atoms in total. The Labute approximate surface area is 119 Å². The molecule has 0 aliphatic carbocycles. The summed E-state index contributed by atoms with van der Waals surface area (Å²) in [5.41, 5.74) is 6.35. The number of amides is 1. The van der Waals surface area contributed by atoms with Gasteiger partial charge in [0.1, 0.15) is 5.75 Å². The Kier molecular flexibility index (Phi) is 5.24. The lowest BCUT2D eigenvalue weighted by Crippen LogP contribution is -2.41. The molecule has 1 unspecified atom stereocenters. The molecule has 0 spiro atoms. The van der Waals surface area contributed by atoms with Crippen LogP contribution in [0.4, 0.5) is 5.69 Å². The van der Waals surface area contributed by atoms with E-state index in [1.54, 1.807) is 12.1 Å². The van der Waals surface area contributed by atoms with Crippen LogP contribution in [0.3, 0.4) is 0 Å². The van der Waals surface area contributed by atoms with Crippen molar-refractivity contribution in [2.75, 3.05) is 32.0 Å². The van der Waals surface area contributed by atoms with E-state index in [-0.39, 0.29) is 18.4 Å². The lowest BCUT2D eigenvalue weighted by atomic mass is 9.99. The molecule has 5 heteroatoms. The zero-order valence-corrected chi connectivity index (χ0v) is 11.6. The lowest BCUT2D eigenvalue weighted by Gasteiger charge is -2.31. The van der Waals surface area contributed by atoms with Gasteiger partial charge < -0.3 is 20.5 Å². The molecule has 20 heavy (non-hydrogen) atoms. The molecule has 1 fully saturated rings. The summed E-state index contributed by atoms with van der Waals surface area (Å²) in [6.07, 6.45) is 2.30. The van der Waals surface area contributed by atoms with Crippen molar-refractivity contribution in [1.29, 1.82) is 0 Å². The van der Waals surface area contributed by atoms with E-state index in [0.717, 1.165) is 19.4 Å². The number of aliphatic hydroxyl groups excluding tert-OH is 1. The Bertz CT molecular complexity index is 450. The van der Waals surface area contributed by atoms with Crippen molar-refractivity contribution in [3.63, 3.8) is 0 Å². The zero-order chi connectivity index (χ0) is 14.4. The summed E-state index contributed by atoms with van der Waals surface area (Å²) in [5.74, 6) is 0.920. The predicted octanol–water partition coefficient (Wildman–Crippen LogP) is 1.27. The Morgan fingerprint density at radius 3 is 3.00 bits per heavy atom. The number of para-hydroxylation sites is 2. The van der Waals surface area contributed by atoms with Crippen LogP contribution in [-0.2, 0) is 4.79 Å². The van der Waals surface area contributed by atoms with E-state index >= 15 is 0 Å². The maximum absolute atomic E-state index is 12.1. The molecule has 1 aliphatic heterocycles. The number of carbonyl (C=O) groups is 1. The van der Waals surface area contributed by atoms with E-state index in [9.17, 15) is 4.79 Å². The van der Waals surface area contributed by atoms with Crippen molar-refractivity contribution < 1.29 is 14.6 Å². The van der Waals surface area contributed by atoms with Crippen molar-refractivity contribution in [2.45, 2.75) is 19.3 Å². The van der Waals surface area contributed by atoms with Crippen LogP contribution in [-0.4, -0.2) is 42.2 Å². The van der Waals surface area contributed by atoms with Crippen LogP contribution in [0.15, 0.2) is 24.3 Å². The van der Waals surface area contributed by atoms with Crippen molar-refractivity contribution >= 4 is 11.6 Å². The number of nitrogens with two attached hydrogens (primary N) is 1. The minimum atomic E-state index is 0.0812. The van der Waals surface area contributed by atoms with Gasteiger partial charge >= 0.3 is 0 Å². The van der Waals surface area contributed by atoms with Crippen LogP contribution in [0, 0.1) is 5.92 Å². The van der Waals surface area contributed by atoms with E-state index in [1.807, 2.05) is 17.0 Å². The number of hydrogen-bond donors (Lipinski definition) is 2. The molecule has 1 aromatic carbocycles. The average Bonchev–Trinajstić information content (AvgIpc) is 2.49. The van der Waals surface area contributed by atoms with E-state index in [0.29, 0.717) is 31.0 Å². The standard InChI is InChI=1S/C15H22N2O3/c16-13-5-1-2-6-14(13)20-9-7-15(19)17-8-3-4-12(10-17)11-18/h1-2,5-6,12,18H,3-4,7-11,16H2. The predicted molar refractivity (Wildman–Crippen MR) is 77.4 cm³/mol. The number of anilines is 1. The molecule has 1 amide bonds. The summed E-state index contributed by atoms with van der Waals surface area (Å²) in [6, 6.07) is 7.26. The highest BCUT2D eigenvalue weighted by molar-refractivity contribution is 5.76. The molecule has 1 atom stereocenters. The molecule has 3 N–H and O–H groups in total. The number of hydrogen-bond acceptors (Lipinski definition) is 4. The van der Waals surface area contributed by atoms with Crippen LogP contribution in [0.25, 0.3) is 0 Å². The van der Waals surface area contributed by atoms with Crippen LogP contribution in [0.2, 0.25) is 0 Å². The van der Waals surface area contributed by atoms with E-state index in [4.69, 9.17) is 15.6 Å². The van der Waals surface area contributed by atoms with Crippen LogP contribution < -0.4 is 10.5 Å². The number of carbonyl (C=O) groups excluding carboxylic acids is 1. The monoisotopic (exact) mass is 278 g/mol.